The van der Waals surface area contributed by atoms with Gasteiger partial charge in [0, 0.05) is 13.1 Å². The minimum Gasteiger partial charge on any atom is -0.480 e. The van der Waals surface area contributed by atoms with Gasteiger partial charge in [0.05, 0.1) is 11.4 Å². The van der Waals surface area contributed by atoms with Crippen LogP contribution in [0.2, 0.25) is 0 Å². The van der Waals surface area contributed by atoms with Gasteiger partial charge in [0.25, 0.3) is 0 Å². The van der Waals surface area contributed by atoms with E-state index in [2.05, 4.69) is 22.5 Å². The first kappa shape index (κ1) is 25.3. The van der Waals surface area contributed by atoms with Crippen molar-refractivity contribution < 1.29 is 27.9 Å². The zero-order valence-electron chi connectivity index (χ0n) is 18.0. The van der Waals surface area contributed by atoms with Crippen molar-refractivity contribution >= 4 is 27.9 Å². The second-order valence-corrected chi connectivity index (χ2v) is 9.40. The van der Waals surface area contributed by atoms with Crippen LogP contribution in [-0.4, -0.2) is 67.5 Å². The van der Waals surface area contributed by atoms with E-state index in [1.807, 2.05) is 6.92 Å². The number of amides is 3. The number of nitrogens with one attached hydrogen (secondary N) is 3. The minimum atomic E-state index is -3.92. The molecule has 0 aliphatic carbocycles. The quantitative estimate of drug-likeness (QED) is 0.380. The van der Waals surface area contributed by atoms with Crippen LogP contribution in [0, 0.1) is 0 Å². The van der Waals surface area contributed by atoms with Crippen molar-refractivity contribution in [3.63, 3.8) is 0 Å². The normalized spacial score (nSPS) is 17.7. The number of carboxylic acids is 1. The van der Waals surface area contributed by atoms with Crippen molar-refractivity contribution in [3.8, 4) is 0 Å². The fraction of sp³-hybridized carbons (Fsp3) is 0.476. The Labute approximate surface area is 188 Å². The van der Waals surface area contributed by atoms with Crippen LogP contribution in [-0.2, 0) is 19.6 Å². The summed E-state index contributed by atoms with van der Waals surface area (Å²) >= 11 is 0. The van der Waals surface area contributed by atoms with Gasteiger partial charge in [-0.15, -0.1) is 0 Å². The van der Waals surface area contributed by atoms with Gasteiger partial charge in [-0.2, -0.15) is 4.31 Å². The Morgan fingerprint density at radius 1 is 1.19 bits per heavy atom. The summed E-state index contributed by atoms with van der Waals surface area (Å²) in [5.74, 6) is -2.05. The zero-order chi connectivity index (χ0) is 23.7. The lowest BCUT2D eigenvalue weighted by Gasteiger charge is -2.34. The van der Waals surface area contributed by atoms with Crippen molar-refractivity contribution in [1.82, 2.24) is 20.3 Å². The molecule has 11 heteroatoms. The summed E-state index contributed by atoms with van der Waals surface area (Å²) in [6.45, 7) is 5.71. The summed E-state index contributed by atoms with van der Waals surface area (Å²) in [4.78, 5) is 36.4. The molecule has 1 aliphatic heterocycles. The van der Waals surface area contributed by atoms with Gasteiger partial charge in [0.1, 0.15) is 12.1 Å². The lowest BCUT2D eigenvalue weighted by atomic mass is 10.0. The van der Waals surface area contributed by atoms with Crippen LogP contribution in [0.4, 0.5) is 4.79 Å². The third-order valence-electron chi connectivity index (χ3n) is 5.19. The zero-order valence-corrected chi connectivity index (χ0v) is 18.9. The lowest BCUT2D eigenvalue weighted by molar-refractivity contribution is -0.142. The number of carboxylic acid groups (broad SMARTS) is 1. The average Bonchev–Trinajstić information content (AvgIpc) is 2.80. The highest BCUT2D eigenvalue weighted by Gasteiger charge is 2.38. The van der Waals surface area contributed by atoms with E-state index in [0.29, 0.717) is 19.3 Å². The molecule has 32 heavy (non-hydrogen) atoms. The Bertz CT molecular complexity index is 935. The van der Waals surface area contributed by atoms with Gasteiger partial charge in [-0.25, -0.2) is 18.0 Å². The molecule has 1 aromatic carbocycles. The molecule has 4 N–H and O–H groups in total. The predicted octanol–water partition coefficient (Wildman–Crippen LogP) is 1.06. The molecule has 10 nitrogen and oxygen atoms in total. The van der Waals surface area contributed by atoms with Crippen LogP contribution < -0.4 is 16.0 Å². The highest BCUT2D eigenvalue weighted by atomic mass is 32.2. The molecule has 0 saturated carbocycles. The number of aliphatic carboxylic acids is 1. The summed E-state index contributed by atoms with van der Waals surface area (Å²) in [5.41, 5.74) is 0.806. The minimum absolute atomic E-state index is 0.0708. The molecule has 1 saturated heterocycles. The van der Waals surface area contributed by atoms with Crippen molar-refractivity contribution in [2.45, 2.75) is 49.6 Å². The molecule has 0 radical (unpaired) electrons. The largest absolute Gasteiger partial charge is 0.480 e. The Balaban J connectivity index is 2.05. The molecule has 1 fully saturated rings. The maximum Gasteiger partial charge on any atom is 0.328 e. The number of hydrogen-bond acceptors (Lipinski definition) is 5. The van der Waals surface area contributed by atoms with E-state index in [4.69, 9.17) is 0 Å². The number of rotatable bonds is 10. The van der Waals surface area contributed by atoms with Gasteiger partial charge >= 0.3 is 12.0 Å². The molecular formula is C21H30N4O6S. The van der Waals surface area contributed by atoms with Crippen LogP contribution in [0.3, 0.4) is 0 Å². The summed E-state index contributed by atoms with van der Waals surface area (Å²) in [5, 5.41) is 16.8. The number of nitrogens with zero attached hydrogens (tertiary/aromatic N) is 1. The third kappa shape index (κ3) is 6.79. The fourth-order valence-electron chi connectivity index (χ4n) is 3.24. The molecule has 0 bridgehead atoms. The third-order valence-corrected chi connectivity index (χ3v) is 7.11. The number of sulfonamides is 1. The van der Waals surface area contributed by atoms with Gasteiger partial charge < -0.3 is 21.1 Å². The van der Waals surface area contributed by atoms with Gasteiger partial charge in [0.15, 0.2) is 0 Å². The summed E-state index contributed by atoms with van der Waals surface area (Å²) < 4.78 is 27.2. The van der Waals surface area contributed by atoms with Crippen molar-refractivity contribution in [3.05, 3.63) is 42.5 Å². The van der Waals surface area contributed by atoms with Gasteiger partial charge in [-0.1, -0.05) is 43.7 Å². The van der Waals surface area contributed by atoms with Crippen LogP contribution in [0.25, 0.3) is 0 Å². The van der Waals surface area contributed by atoms with E-state index in [-0.39, 0.29) is 31.0 Å². The smallest absolute Gasteiger partial charge is 0.328 e. The predicted molar refractivity (Wildman–Crippen MR) is 118 cm³/mol. The van der Waals surface area contributed by atoms with Crippen LogP contribution >= 0.6 is 0 Å². The molecular weight excluding hydrogens is 436 g/mol. The molecule has 176 valence electrons. The molecule has 2 atom stereocenters. The number of urea groups is 1. The van der Waals surface area contributed by atoms with Gasteiger partial charge in [-0.05, 0) is 31.4 Å². The van der Waals surface area contributed by atoms with E-state index in [0.717, 1.165) is 9.88 Å². The Morgan fingerprint density at radius 2 is 1.88 bits per heavy atom. The first-order valence-electron chi connectivity index (χ1n) is 10.4. The second-order valence-electron chi connectivity index (χ2n) is 7.51. The standard InChI is InChI=1S/C21H30N4O6S/c1-3-15(2)13-22-21(29)23-14-17(20(27)28)24-19(26)18-11-7-8-12-25(18)32(30,31)16-9-5-4-6-10-16/h4-6,9-10,17-18H,2-3,7-8,11-14H2,1H3,(H,24,26)(H,27,28)(H2,22,23,29)/t17-,18?/m0/s1. The summed E-state index contributed by atoms with van der Waals surface area (Å²) in [6, 6.07) is 4.76. The van der Waals surface area contributed by atoms with Crippen molar-refractivity contribution in [1.29, 1.82) is 0 Å². The molecule has 2 rings (SSSR count). The average molecular weight is 467 g/mol. The number of carbonyl (C=O) groups excluding carboxylic acids is 2. The van der Waals surface area contributed by atoms with E-state index < -0.39 is 40.0 Å². The summed E-state index contributed by atoms with van der Waals surface area (Å²) in [6.07, 6.45) is 2.21. The number of piperidine rings is 1. The molecule has 1 unspecified atom stereocenters. The first-order valence-corrected chi connectivity index (χ1v) is 11.9. The fourth-order valence-corrected chi connectivity index (χ4v) is 4.92. The molecule has 3 amide bonds. The van der Waals surface area contributed by atoms with Crippen molar-refractivity contribution in [2.75, 3.05) is 19.6 Å². The number of benzene rings is 1. The van der Waals surface area contributed by atoms with E-state index in [9.17, 15) is 27.9 Å². The van der Waals surface area contributed by atoms with E-state index >= 15 is 0 Å². The second kappa shape index (κ2) is 11.6. The van der Waals surface area contributed by atoms with Crippen LogP contribution in [0.15, 0.2) is 47.4 Å². The van der Waals surface area contributed by atoms with E-state index in [1.54, 1.807) is 18.2 Å². The molecule has 0 spiro atoms. The topological polar surface area (TPSA) is 145 Å². The first-order chi connectivity index (χ1) is 15.2. The van der Waals surface area contributed by atoms with Gasteiger partial charge in [-0.3, -0.25) is 4.79 Å². The molecule has 0 aromatic heterocycles. The van der Waals surface area contributed by atoms with Crippen LogP contribution in [0.1, 0.15) is 32.6 Å². The maximum atomic E-state index is 13.0. The number of carbonyl (C=O) groups is 3. The summed E-state index contributed by atoms with van der Waals surface area (Å²) in [7, 11) is -3.92. The molecule has 1 heterocycles. The monoisotopic (exact) mass is 466 g/mol. The highest BCUT2D eigenvalue weighted by molar-refractivity contribution is 7.89. The Morgan fingerprint density at radius 3 is 2.50 bits per heavy atom. The van der Waals surface area contributed by atoms with Crippen LogP contribution in [0.5, 0.6) is 0 Å². The Kier molecular flexibility index (Phi) is 9.21. The molecule has 1 aromatic rings. The SMILES string of the molecule is C=C(CC)CNC(=O)NC[C@H](NC(=O)C1CCCCN1S(=O)(=O)c1ccccc1)C(=O)O. The maximum absolute atomic E-state index is 13.0. The lowest BCUT2D eigenvalue weighted by Crippen LogP contribution is -2.57. The highest BCUT2D eigenvalue weighted by Crippen LogP contribution is 2.25. The number of hydrogen-bond donors (Lipinski definition) is 4. The Hall–Kier alpha value is -2.92. The van der Waals surface area contributed by atoms with E-state index in [1.165, 1.54) is 12.1 Å². The van der Waals surface area contributed by atoms with Gasteiger partial charge in [0.2, 0.25) is 15.9 Å². The molecule has 1 aliphatic rings. The van der Waals surface area contributed by atoms with Crippen molar-refractivity contribution in [2.24, 2.45) is 0 Å².